The van der Waals surface area contributed by atoms with Crippen molar-refractivity contribution in [3.05, 3.63) is 0 Å². The molecule has 6 heavy (non-hydrogen) atoms. The van der Waals surface area contributed by atoms with E-state index in [1.165, 1.54) is 0 Å². The molecule has 0 aliphatic rings. The summed E-state index contributed by atoms with van der Waals surface area (Å²) in [5, 5.41) is 0. The third-order valence-corrected chi connectivity index (χ3v) is 0. The van der Waals surface area contributed by atoms with Gasteiger partial charge in [0.15, 0.2) is 0 Å². The van der Waals surface area contributed by atoms with Crippen molar-refractivity contribution in [3.63, 3.8) is 0 Å². The summed E-state index contributed by atoms with van der Waals surface area (Å²) in [4.78, 5) is 8.14. The van der Waals surface area contributed by atoms with Gasteiger partial charge in [0.25, 0.3) is 6.54 Å². The predicted molar refractivity (Wildman–Crippen MR) is 19.6 cm³/mol. The van der Waals surface area contributed by atoms with Crippen LogP contribution in [-0.4, -0.2) is 6.54 Å². The Morgan fingerprint density at radius 2 is 1.50 bits per heavy atom. The van der Waals surface area contributed by atoms with Gasteiger partial charge in [0.1, 0.15) is 0 Å². The molecule has 0 fully saturated rings. The van der Waals surface area contributed by atoms with Gasteiger partial charge in [0, 0.05) is 37.7 Å². The number of hydrogen-bond acceptors (Lipinski definition) is 2. The van der Waals surface area contributed by atoms with E-state index < -0.39 is 6.54 Å². The molecule has 0 heterocycles. The summed E-state index contributed by atoms with van der Waals surface area (Å²) in [6, 6.07) is 0. The SMILES string of the molecule is C.N.O=CF.[Ar]. The van der Waals surface area contributed by atoms with Gasteiger partial charge >= 0.3 is 0 Å². The van der Waals surface area contributed by atoms with Crippen molar-refractivity contribution in [3.8, 4) is 0 Å². The van der Waals surface area contributed by atoms with Crippen LogP contribution in [0.4, 0.5) is 4.39 Å². The van der Waals surface area contributed by atoms with Gasteiger partial charge in [0.05, 0.1) is 0 Å². The van der Waals surface area contributed by atoms with E-state index >= 15 is 0 Å². The Kier molecular flexibility index (Phi) is 198. The standard InChI is InChI=1S/CHFO.CH4.Ar.H3N/c2-1-3;;;/h1H;1H4;;1H3. The van der Waals surface area contributed by atoms with E-state index in [0.29, 0.717) is 0 Å². The topological polar surface area (TPSA) is 52.1 Å². The number of rotatable bonds is 0. The van der Waals surface area contributed by atoms with Crippen molar-refractivity contribution in [1.29, 1.82) is 0 Å². The minimum atomic E-state index is -0.750. The Hall–Kier alpha value is 0.820. The molecule has 0 saturated heterocycles. The van der Waals surface area contributed by atoms with Crippen molar-refractivity contribution in [1.82, 2.24) is 6.15 Å². The molecule has 0 aliphatic carbocycles. The molecule has 0 rings (SSSR count). The van der Waals surface area contributed by atoms with Gasteiger partial charge in [-0.25, -0.2) is 0 Å². The number of carbonyl (C=O) groups excluding carboxylic acids is 1. The zero-order valence-electron chi connectivity index (χ0n) is 2.42. The quantitative estimate of drug-likeness (QED) is 0.383. The van der Waals surface area contributed by atoms with Crippen LogP contribution in [0.15, 0.2) is 0 Å². The van der Waals surface area contributed by atoms with E-state index in [4.69, 9.17) is 4.79 Å². The van der Waals surface area contributed by atoms with Crippen LogP contribution in [0.2, 0.25) is 0 Å². The first kappa shape index (κ1) is 29.1. The number of carbonyl (C=O) groups is 1. The Morgan fingerprint density at radius 1 is 1.50 bits per heavy atom. The first-order valence-corrected chi connectivity index (χ1v) is 0.454. The Morgan fingerprint density at radius 3 is 1.50 bits per heavy atom. The molecule has 0 saturated carbocycles. The Bertz CT molecular complexity index is 21.0. The van der Waals surface area contributed by atoms with Gasteiger partial charge in [-0.2, -0.15) is 4.39 Å². The second-order valence-corrected chi connectivity index (χ2v) is 0.0891. The molecule has 3 N–H and O–H groups in total. The van der Waals surface area contributed by atoms with Crippen LogP contribution in [0.5, 0.6) is 0 Å². The number of hydrogen-bond donors (Lipinski definition) is 1. The van der Waals surface area contributed by atoms with Gasteiger partial charge in [-0.1, -0.05) is 7.43 Å². The average molecular weight is 121 g/mol. The van der Waals surface area contributed by atoms with E-state index in [2.05, 4.69) is 0 Å². The molecular weight excluding hydrogens is 113 g/mol. The fourth-order valence-electron chi connectivity index (χ4n) is 0. The largest absolute Gasteiger partial charge is 0.344 e. The summed E-state index contributed by atoms with van der Waals surface area (Å²) in [6.07, 6.45) is 0. The van der Waals surface area contributed by atoms with E-state index in [1.807, 2.05) is 0 Å². The molecule has 2 nitrogen and oxygen atoms in total. The van der Waals surface area contributed by atoms with Crippen molar-refractivity contribution < 1.29 is 46.9 Å². The molecule has 0 aromatic rings. The van der Waals surface area contributed by atoms with E-state index in [0.717, 1.165) is 0 Å². The smallest absolute Gasteiger partial charge is 0.289 e. The van der Waals surface area contributed by atoms with Crippen LogP contribution in [0.3, 0.4) is 0 Å². The molecule has 0 atom stereocenters. The van der Waals surface area contributed by atoms with E-state index in [1.54, 1.807) is 0 Å². The fraction of sp³-hybridized carbons (Fsp3) is 0.500. The predicted octanol–water partition coefficient (Wildman–Crippen LogP) is 0.944. The number of halogens is 1. The first-order chi connectivity index (χ1) is 1.41. The summed E-state index contributed by atoms with van der Waals surface area (Å²) in [7, 11) is 0. The van der Waals surface area contributed by atoms with Gasteiger partial charge in [-0.3, -0.25) is 4.79 Å². The summed E-state index contributed by atoms with van der Waals surface area (Å²) < 4.78 is 9.61. The van der Waals surface area contributed by atoms with Gasteiger partial charge in [-0.15, -0.1) is 0 Å². The maximum absolute atomic E-state index is 9.61. The van der Waals surface area contributed by atoms with Gasteiger partial charge in [-0.05, 0) is 0 Å². The normalized spacial score (nSPS) is 2.17. The first-order valence-electron chi connectivity index (χ1n) is 0.454. The molecule has 0 amide bonds. The summed E-state index contributed by atoms with van der Waals surface area (Å²) in [5.41, 5.74) is 0. The fourth-order valence-corrected chi connectivity index (χ4v) is 0. The zero-order valence-corrected chi connectivity index (χ0v) is 3.13. The van der Waals surface area contributed by atoms with Crippen LogP contribution in [0.25, 0.3) is 0 Å². The molecule has 0 aromatic carbocycles. The van der Waals surface area contributed by atoms with Crippen LogP contribution >= 0.6 is 0 Å². The molecule has 0 aromatic heterocycles. The second-order valence-electron chi connectivity index (χ2n) is 0.0891. The Labute approximate surface area is 66.7 Å². The maximum Gasteiger partial charge on any atom is 0.289 e. The second kappa shape index (κ2) is 40.8. The molecule has 0 unspecified atom stereocenters. The monoisotopic (exact) mass is 121 g/mol. The van der Waals surface area contributed by atoms with Crippen LogP contribution in [0.1, 0.15) is 7.43 Å². The molecule has 4 heteroatoms. The van der Waals surface area contributed by atoms with Crippen molar-refractivity contribution in [2.24, 2.45) is 0 Å². The van der Waals surface area contributed by atoms with Crippen LogP contribution in [0, 0.1) is 37.7 Å². The molecule has 0 bridgehead atoms. The Balaban J connectivity index is -0.00000000667. The summed E-state index contributed by atoms with van der Waals surface area (Å²) in [6.45, 7) is -0.750. The van der Waals surface area contributed by atoms with Gasteiger partial charge in [0.2, 0.25) is 0 Å². The summed E-state index contributed by atoms with van der Waals surface area (Å²) in [5.74, 6) is 0. The minimum absolute atomic E-state index is 0. The van der Waals surface area contributed by atoms with Gasteiger partial charge < -0.3 is 6.15 Å². The molecule has 0 spiro atoms. The molecular formula is C2H8ArFNO. The van der Waals surface area contributed by atoms with Crippen LogP contribution < -0.4 is 6.15 Å². The van der Waals surface area contributed by atoms with Crippen molar-refractivity contribution in [2.45, 2.75) is 7.43 Å². The van der Waals surface area contributed by atoms with E-state index in [-0.39, 0.29) is 51.3 Å². The van der Waals surface area contributed by atoms with Crippen molar-refractivity contribution >= 4 is 6.54 Å². The maximum atomic E-state index is 9.61. The van der Waals surface area contributed by atoms with Crippen LogP contribution in [-0.2, 0) is 4.79 Å². The molecule has 0 aliphatic heterocycles. The summed E-state index contributed by atoms with van der Waals surface area (Å²) >= 11 is 0. The molecule has 42 valence electrons. The zero-order chi connectivity index (χ0) is 2.71. The average Bonchev–Trinajstić information content (AvgIpc) is 0.918. The van der Waals surface area contributed by atoms with Crippen molar-refractivity contribution in [2.75, 3.05) is 0 Å². The minimum Gasteiger partial charge on any atom is -0.344 e. The third-order valence-electron chi connectivity index (χ3n) is 0. The van der Waals surface area contributed by atoms with E-state index in [9.17, 15) is 4.39 Å². The molecule has 0 radical (unpaired) electrons. The third kappa shape index (κ3) is 105.